The Labute approximate surface area is 185 Å². The molecule has 6 heteroatoms. The number of benzene rings is 2. The van der Waals surface area contributed by atoms with Crippen LogP contribution in [0.2, 0.25) is 0 Å². The van der Waals surface area contributed by atoms with Crippen LogP contribution in [0.4, 0.5) is 0 Å². The molecule has 0 spiro atoms. The summed E-state index contributed by atoms with van der Waals surface area (Å²) in [5, 5.41) is 3.25. The zero-order valence-corrected chi connectivity index (χ0v) is 18.3. The van der Waals surface area contributed by atoms with Crippen LogP contribution in [0, 0.1) is 0 Å². The van der Waals surface area contributed by atoms with Crippen LogP contribution >= 0.6 is 0 Å². The molecule has 2 saturated heterocycles. The molecule has 2 fully saturated rings. The van der Waals surface area contributed by atoms with Gasteiger partial charge < -0.3 is 19.7 Å². The van der Waals surface area contributed by atoms with E-state index in [1.54, 1.807) is 0 Å². The zero-order valence-electron chi connectivity index (χ0n) is 18.3. The maximum atomic E-state index is 13.0. The molecule has 0 aromatic heterocycles. The molecule has 2 aromatic rings. The second-order valence-electron chi connectivity index (χ2n) is 8.51. The summed E-state index contributed by atoms with van der Waals surface area (Å²) in [7, 11) is 2.15. The quantitative estimate of drug-likeness (QED) is 0.708. The van der Waals surface area contributed by atoms with Gasteiger partial charge in [0.05, 0.1) is 12.1 Å². The standard InChI is InChI=1S/C25H33N3O3/c1-27-13-15-28(16-14-27)18-24(20-6-3-2-4-7-20)26-25(29)21-9-11-22(12-10-21)31-19-23-8-5-17-30-23/h2-4,6-7,9-12,23-24H,5,8,13-19H2,1H3,(H,26,29). The third kappa shape index (κ3) is 6.29. The highest BCUT2D eigenvalue weighted by Gasteiger charge is 2.22. The van der Waals surface area contributed by atoms with Crippen LogP contribution in [0.5, 0.6) is 5.75 Å². The molecule has 0 aliphatic carbocycles. The van der Waals surface area contributed by atoms with Gasteiger partial charge >= 0.3 is 0 Å². The summed E-state index contributed by atoms with van der Waals surface area (Å²) in [5.41, 5.74) is 1.77. The van der Waals surface area contributed by atoms with Crippen molar-refractivity contribution in [1.29, 1.82) is 0 Å². The highest BCUT2D eigenvalue weighted by molar-refractivity contribution is 5.94. The first-order chi connectivity index (χ1) is 15.2. The Balaban J connectivity index is 1.37. The third-order valence-corrected chi connectivity index (χ3v) is 6.12. The number of rotatable bonds is 8. The monoisotopic (exact) mass is 423 g/mol. The molecule has 2 unspecified atom stereocenters. The van der Waals surface area contributed by atoms with Gasteiger partial charge in [0.25, 0.3) is 5.91 Å². The van der Waals surface area contributed by atoms with Crippen molar-refractivity contribution in [3.63, 3.8) is 0 Å². The fourth-order valence-corrected chi connectivity index (χ4v) is 4.12. The minimum absolute atomic E-state index is 0.0486. The Bertz CT molecular complexity index is 814. The van der Waals surface area contributed by atoms with Crippen LogP contribution < -0.4 is 10.1 Å². The Kier molecular flexibility index (Phi) is 7.57. The van der Waals surface area contributed by atoms with E-state index >= 15 is 0 Å². The van der Waals surface area contributed by atoms with Crippen molar-refractivity contribution in [2.45, 2.75) is 25.0 Å². The number of amides is 1. The Morgan fingerprint density at radius 1 is 1.10 bits per heavy atom. The van der Waals surface area contributed by atoms with Crippen molar-refractivity contribution >= 4 is 5.91 Å². The lowest BCUT2D eigenvalue weighted by atomic mass is 10.0. The molecular weight excluding hydrogens is 390 g/mol. The van der Waals surface area contributed by atoms with Crippen LogP contribution in [0.1, 0.15) is 34.8 Å². The van der Waals surface area contributed by atoms with Gasteiger partial charge in [-0.3, -0.25) is 9.69 Å². The van der Waals surface area contributed by atoms with Gasteiger partial charge in [-0.15, -0.1) is 0 Å². The van der Waals surface area contributed by atoms with E-state index in [4.69, 9.17) is 9.47 Å². The lowest BCUT2D eigenvalue weighted by Crippen LogP contribution is -2.47. The number of carbonyl (C=O) groups excluding carboxylic acids is 1. The molecule has 2 aliphatic heterocycles. The molecule has 4 rings (SSSR count). The zero-order chi connectivity index (χ0) is 21.5. The molecule has 0 saturated carbocycles. The number of hydrogen-bond donors (Lipinski definition) is 1. The smallest absolute Gasteiger partial charge is 0.251 e. The SMILES string of the molecule is CN1CCN(CC(NC(=O)c2ccc(OCC3CCCO3)cc2)c2ccccc2)CC1. The third-order valence-electron chi connectivity index (χ3n) is 6.12. The summed E-state index contributed by atoms with van der Waals surface area (Å²) in [4.78, 5) is 17.8. The van der Waals surface area contributed by atoms with E-state index in [1.807, 2.05) is 42.5 Å². The molecule has 31 heavy (non-hydrogen) atoms. The second kappa shape index (κ2) is 10.8. The lowest BCUT2D eigenvalue weighted by Gasteiger charge is -2.35. The van der Waals surface area contributed by atoms with Crippen LogP contribution in [0.3, 0.4) is 0 Å². The molecule has 1 N–H and O–H groups in total. The summed E-state index contributed by atoms with van der Waals surface area (Å²) in [6, 6.07) is 17.6. The Hall–Kier alpha value is -2.41. The summed E-state index contributed by atoms with van der Waals surface area (Å²) in [5.74, 6) is 0.706. The predicted octanol–water partition coefficient (Wildman–Crippen LogP) is 2.96. The van der Waals surface area contributed by atoms with Crippen LogP contribution in [0.15, 0.2) is 54.6 Å². The molecule has 2 aromatic carbocycles. The van der Waals surface area contributed by atoms with Gasteiger partial charge in [0, 0.05) is 44.9 Å². The van der Waals surface area contributed by atoms with E-state index in [1.165, 1.54) is 0 Å². The Morgan fingerprint density at radius 2 is 1.84 bits per heavy atom. The van der Waals surface area contributed by atoms with E-state index in [0.717, 1.165) is 63.5 Å². The molecule has 1 amide bonds. The number of ether oxygens (including phenoxy) is 2. The van der Waals surface area contributed by atoms with Gasteiger partial charge in [-0.25, -0.2) is 0 Å². The first-order valence-electron chi connectivity index (χ1n) is 11.3. The maximum Gasteiger partial charge on any atom is 0.251 e. The van der Waals surface area contributed by atoms with Crippen molar-refractivity contribution in [2.24, 2.45) is 0 Å². The van der Waals surface area contributed by atoms with Gasteiger partial charge in [-0.05, 0) is 49.7 Å². The van der Waals surface area contributed by atoms with Crippen molar-refractivity contribution in [3.8, 4) is 5.75 Å². The van der Waals surface area contributed by atoms with Gasteiger partial charge in [0.1, 0.15) is 12.4 Å². The van der Waals surface area contributed by atoms with Crippen LogP contribution in [-0.2, 0) is 4.74 Å². The number of hydrogen-bond acceptors (Lipinski definition) is 5. The minimum Gasteiger partial charge on any atom is -0.491 e. The molecule has 0 radical (unpaired) electrons. The number of carbonyl (C=O) groups is 1. The highest BCUT2D eigenvalue weighted by Crippen LogP contribution is 2.19. The summed E-state index contributed by atoms with van der Waals surface area (Å²) in [6.45, 7) is 6.35. The normalized spacial score (nSPS) is 21.0. The van der Waals surface area contributed by atoms with Gasteiger partial charge in [-0.1, -0.05) is 30.3 Å². The molecule has 2 atom stereocenters. The molecular formula is C25H33N3O3. The van der Waals surface area contributed by atoms with E-state index in [9.17, 15) is 4.79 Å². The first kappa shape index (κ1) is 21.8. The van der Waals surface area contributed by atoms with Crippen molar-refractivity contribution in [3.05, 3.63) is 65.7 Å². The summed E-state index contributed by atoms with van der Waals surface area (Å²) >= 11 is 0. The predicted molar refractivity (Wildman–Crippen MR) is 121 cm³/mol. The number of nitrogens with zero attached hydrogens (tertiary/aromatic N) is 2. The molecule has 0 bridgehead atoms. The van der Waals surface area contributed by atoms with Crippen LogP contribution in [0.25, 0.3) is 0 Å². The molecule has 166 valence electrons. The second-order valence-corrected chi connectivity index (χ2v) is 8.51. The number of likely N-dealkylation sites (N-methyl/N-ethyl adjacent to an activating group) is 1. The average Bonchev–Trinajstić information content (AvgIpc) is 3.33. The maximum absolute atomic E-state index is 13.0. The van der Waals surface area contributed by atoms with Crippen molar-refractivity contribution in [2.75, 3.05) is 53.0 Å². The first-order valence-corrected chi connectivity index (χ1v) is 11.3. The summed E-state index contributed by atoms with van der Waals surface area (Å²) in [6.07, 6.45) is 2.34. The van der Waals surface area contributed by atoms with Crippen molar-refractivity contribution in [1.82, 2.24) is 15.1 Å². The highest BCUT2D eigenvalue weighted by atomic mass is 16.5. The lowest BCUT2D eigenvalue weighted by molar-refractivity contribution is 0.0679. The average molecular weight is 424 g/mol. The van der Waals surface area contributed by atoms with E-state index < -0.39 is 0 Å². The fourth-order valence-electron chi connectivity index (χ4n) is 4.12. The Morgan fingerprint density at radius 3 is 2.52 bits per heavy atom. The van der Waals surface area contributed by atoms with Gasteiger partial charge in [-0.2, -0.15) is 0 Å². The minimum atomic E-state index is -0.0614. The van der Waals surface area contributed by atoms with E-state index in [2.05, 4.69) is 34.3 Å². The molecule has 6 nitrogen and oxygen atoms in total. The summed E-state index contributed by atoms with van der Waals surface area (Å²) < 4.78 is 11.4. The van der Waals surface area contributed by atoms with Crippen LogP contribution in [-0.4, -0.2) is 74.8 Å². The number of piperazine rings is 1. The van der Waals surface area contributed by atoms with Gasteiger partial charge in [0.15, 0.2) is 0 Å². The van der Waals surface area contributed by atoms with Gasteiger partial charge in [0.2, 0.25) is 0 Å². The van der Waals surface area contributed by atoms with E-state index in [-0.39, 0.29) is 18.1 Å². The largest absolute Gasteiger partial charge is 0.491 e. The fraction of sp³-hybridized carbons (Fsp3) is 0.480. The topological polar surface area (TPSA) is 54.0 Å². The number of nitrogens with one attached hydrogen (secondary N) is 1. The van der Waals surface area contributed by atoms with E-state index in [0.29, 0.717) is 12.2 Å². The van der Waals surface area contributed by atoms with Crippen molar-refractivity contribution < 1.29 is 14.3 Å². The molecule has 2 heterocycles. The molecule has 2 aliphatic rings.